The van der Waals surface area contributed by atoms with Crippen LogP contribution in [0.4, 0.5) is 11.5 Å². The Morgan fingerprint density at radius 1 is 1.00 bits per heavy atom. The molecule has 0 saturated carbocycles. The predicted octanol–water partition coefficient (Wildman–Crippen LogP) is 3.01. The standard InChI is InChI=1S/C23H26N4O6S/c1-23(2,22(28)32-4)33-15-17-7-9-18(10-8-17)27(21-20(16-31-3)25-12-13-26-21)34(29,30)19-6-5-11-24-14-19/h5-14H,15-16H2,1-4H3. The number of hydrogen-bond donors (Lipinski definition) is 0. The Balaban J connectivity index is 2.01. The van der Waals surface area contributed by atoms with Crippen LogP contribution in [0.5, 0.6) is 0 Å². The molecule has 180 valence electrons. The number of benzene rings is 1. The van der Waals surface area contributed by atoms with Gasteiger partial charge in [-0.15, -0.1) is 0 Å². The van der Waals surface area contributed by atoms with Crippen LogP contribution in [-0.2, 0) is 42.2 Å². The minimum atomic E-state index is -4.09. The molecule has 34 heavy (non-hydrogen) atoms. The first-order valence-corrected chi connectivity index (χ1v) is 11.7. The van der Waals surface area contributed by atoms with Crippen LogP contribution in [-0.4, -0.2) is 49.2 Å². The van der Waals surface area contributed by atoms with Gasteiger partial charge in [-0.25, -0.2) is 22.5 Å². The molecule has 10 nitrogen and oxygen atoms in total. The fourth-order valence-corrected chi connectivity index (χ4v) is 4.48. The monoisotopic (exact) mass is 486 g/mol. The van der Waals surface area contributed by atoms with E-state index in [-0.39, 0.29) is 23.9 Å². The number of nitrogens with zero attached hydrogens (tertiary/aromatic N) is 4. The third-order valence-corrected chi connectivity index (χ3v) is 6.55. The van der Waals surface area contributed by atoms with Crippen LogP contribution in [0.3, 0.4) is 0 Å². The largest absolute Gasteiger partial charge is 0.467 e. The quantitative estimate of drug-likeness (QED) is 0.398. The molecule has 3 rings (SSSR count). The SMILES string of the molecule is COCc1nccnc1N(c1ccc(COC(C)(C)C(=O)OC)cc1)S(=O)(=O)c1cccnc1. The maximum atomic E-state index is 13.6. The summed E-state index contributed by atoms with van der Waals surface area (Å²) < 4.78 is 44.0. The highest BCUT2D eigenvalue weighted by Crippen LogP contribution is 2.33. The van der Waals surface area contributed by atoms with Gasteiger partial charge >= 0.3 is 5.97 Å². The maximum absolute atomic E-state index is 13.6. The van der Waals surface area contributed by atoms with E-state index in [1.165, 1.54) is 45.1 Å². The highest BCUT2D eigenvalue weighted by atomic mass is 32.2. The zero-order chi connectivity index (χ0) is 24.8. The molecule has 3 aromatic rings. The fraction of sp³-hybridized carbons (Fsp3) is 0.304. The molecule has 0 fully saturated rings. The number of esters is 1. The van der Waals surface area contributed by atoms with Gasteiger partial charge in [0.15, 0.2) is 11.4 Å². The van der Waals surface area contributed by atoms with Gasteiger partial charge in [0.2, 0.25) is 0 Å². The topological polar surface area (TPSA) is 121 Å². The van der Waals surface area contributed by atoms with Gasteiger partial charge in [-0.3, -0.25) is 9.97 Å². The first-order valence-electron chi connectivity index (χ1n) is 10.3. The Morgan fingerprint density at radius 3 is 2.32 bits per heavy atom. The van der Waals surface area contributed by atoms with Gasteiger partial charge in [-0.05, 0) is 43.7 Å². The number of hydrogen-bond acceptors (Lipinski definition) is 9. The van der Waals surface area contributed by atoms with E-state index in [1.54, 1.807) is 44.2 Å². The lowest BCUT2D eigenvalue weighted by atomic mass is 10.1. The number of ether oxygens (including phenoxy) is 3. The van der Waals surface area contributed by atoms with E-state index in [4.69, 9.17) is 14.2 Å². The number of carbonyl (C=O) groups is 1. The normalized spacial score (nSPS) is 11.8. The smallest absolute Gasteiger partial charge is 0.337 e. The summed E-state index contributed by atoms with van der Waals surface area (Å²) in [6, 6.07) is 9.67. The molecule has 0 amide bonds. The van der Waals surface area contributed by atoms with Gasteiger partial charge in [-0.2, -0.15) is 0 Å². The molecule has 0 spiro atoms. The van der Waals surface area contributed by atoms with Crippen molar-refractivity contribution in [3.63, 3.8) is 0 Å². The molecule has 0 saturated heterocycles. The summed E-state index contributed by atoms with van der Waals surface area (Å²) in [6.07, 6.45) is 5.64. The maximum Gasteiger partial charge on any atom is 0.337 e. The summed E-state index contributed by atoms with van der Waals surface area (Å²) in [4.78, 5) is 24.3. The predicted molar refractivity (Wildman–Crippen MR) is 124 cm³/mol. The van der Waals surface area contributed by atoms with Gasteiger partial charge in [0.25, 0.3) is 10.0 Å². The van der Waals surface area contributed by atoms with Crippen molar-refractivity contribution in [3.05, 3.63) is 72.4 Å². The Bertz CT molecular complexity index is 1220. The van der Waals surface area contributed by atoms with Crippen molar-refractivity contribution in [2.75, 3.05) is 18.5 Å². The van der Waals surface area contributed by atoms with Crippen LogP contribution >= 0.6 is 0 Å². The van der Waals surface area contributed by atoms with Crippen molar-refractivity contribution < 1.29 is 27.4 Å². The lowest BCUT2D eigenvalue weighted by molar-refractivity contribution is -0.166. The molecule has 1 aromatic carbocycles. The number of pyridine rings is 1. The highest BCUT2D eigenvalue weighted by Gasteiger charge is 2.31. The lowest BCUT2D eigenvalue weighted by Crippen LogP contribution is -2.35. The number of carbonyl (C=O) groups excluding carboxylic acids is 1. The summed E-state index contributed by atoms with van der Waals surface area (Å²) in [5.41, 5.74) is 0.288. The van der Waals surface area contributed by atoms with E-state index in [0.29, 0.717) is 11.4 Å². The van der Waals surface area contributed by atoms with E-state index in [2.05, 4.69) is 15.0 Å². The minimum Gasteiger partial charge on any atom is -0.467 e. The van der Waals surface area contributed by atoms with Crippen molar-refractivity contribution in [3.8, 4) is 0 Å². The summed E-state index contributed by atoms with van der Waals surface area (Å²) in [7, 11) is -1.31. The molecule has 2 aromatic heterocycles. The summed E-state index contributed by atoms with van der Waals surface area (Å²) in [5.74, 6) is -0.379. The molecule has 0 aliphatic heterocycles. The van der Waals surface area contributed by atoms with Gasteiger partial charge in [0, 0.05) is 31.9 Å². The van der Waals surface area contributed by atoms with E-state index in [1.807, 2.05) is 0 Å². The third kappa shape index (κ3) is 5.56. The van der Waals surface area contributed by atoms with E-state index >= 15 is 0 Å². The van der Waals surface area contributed by atoms with Gasteiger partial charge in [-0.1, -0.05) is 12.1 Å². The van der Waals surface area contributed by atoms with Crippen molar-refractivity contribution in [2.45, 2.75) is 37.6 Å². The van der Waals surface area contributed by atoms with E-state index < -0.39 is 21.6 Å². The first kappa shape index (κ1) is 25.2. The molecule has 0 unspecified atom stereocenters. The highest BCUT2D eigenvalue weighted by molar-refractivity contribution is 7.93. The summed E-state index contributed by atoms with van der Waals surface area (Å²) in [5, 5.41) is 0. The zero-order valence-electron chi connectivity index (χ0n) is 19.3. The molecular formula is C23H26N4O6S. The van der Waals surface area contributed by atoms with Crippen molar-refractivity contribution >= 4 is 27.5 Å². The zero-order valence-corrected chi connectivity index (χ0v) is 20.2. The van der Waals surface area contributed by atoms with Crippen LogP contribution in [0.2, 0.25) is 0 Å². The minimum absolute atomic E-state index is 0.00347. The molecular weight excluding hydrogens is 460 g/mol. The van der Waals surface area contributed by atoms with E-state index in [0.717, 1.165) is 9.87 Å². The molecule has 2 heterocycles. The fourth-order valence-electron chi connectivity index (χ4n) is 3.04. The van der Waals surface area contributed by atoms with Gasteiger partial charge in [0.05, 0.1) is 26.0 Å². The Labute approximate surface area is 198 Å². The van der Waals surface area contributed by atoms with Crippen molar-refractivity contribution in [1.29, 1.82) is 0 Å². The first-order chi connectivity index (χ1) is 16.2. The lowest BCUT2D eigenvalue weighted by Gasteiger charge is -2.25. The molecule has 0 aliphatic carbocycles. The molecule has 0 radical (unpaired) electrons. The van der Waals surface area contributed by atoms with Crippen molar-refractivity contribution in [2.24, 2.45) is 0 Å². The Kier molecular flexibility index (Phi) is 7.92. The number of rotatable bonds is 10. The van der Waals surface area contributed by atoms with Crippen molar-refractivity contribution in [1.82, 2.24) is 15.0 Å². The number of anilines is 2. The molecule has 0 bridgehead atoms. The van der Waals surface area contributed by atoms with Crippen LogP contribution in [0.25, 0.3) is 0 Å². The second-order valence-corrected chi connectivity index (χ2v) is 9.46. The number of sulfonamides is 1. The second-order valence-electron chi connectivity index (χ2n) is 7.67. The van der Waals surface area contributed by atoms with E-state index in [9.17, 15) is 13.2 Å². The molecule has 0 aliphatic rings. The Hall–Kier alpha value is -3.41. The second kappa shape index (κ2) is 10.7. The molecule has 11 heteroatoms. The van der Waals surface area contributed by atoms with Gasteiger partial charge in [0.1, 0.15) is 10.6 Å². The number of methoxy groups -OCH3 is 2. The van der Waals surface area contributed by atoms with Crippen LogP contribution in [0, 0.1) is 0 Å². The average Bonchev–Trinajstić information content (AvgIpc) is 2.85. The van der Waals surface area contributed by atoms with Crippen LogP contribution in [0.1, 0.15) is 25.1 Å². The molecule has 0 atom stereocenters. The van der Waals surface area contributed by atoms with Gasteiger partial charge < -0.3 is 14.2 Å². The average molecular weight is 487 g/mol. The summed E-state index contributed by atoms with van der Waals surface area (Å²) in [6.45, 7) is 3.41. The molecule has 0 N–H and O–H groups in total. The van der Waals surface area contributed by atoms with Crippen LogP contribution < -0.4 is 4.31 Å². The Morgan fingerprint density at radius 2 is 1.71 bits per heavy atom. The van der Waals surface area contributed by atoms with Crippen LogP contribution in [0.15, 0.2) is 66.1 Å². The third-order valence-electron chi connectivity index (χ3n) is 4.85. The summed E-state index contributed by atoms with van der Waals surface area (Å²) >= 11 is 0. The number of aromatic nitrogens is 3.